The molecule has 2 N–H and O–H groups in total. The molecule has 4 aliphatic heterocycles. The highest BCUT2D eigenvalue weighted by molar-refractivity contribution is 6.76. The summed E-state index contributed by atoms with van der Waals surface area (Å²) < 4.78 is 36.7. The first-order valence-electron chi connectivity index (χ1n) is 24.5. The Bertz CT molecular complexity index is 2610. The first-order chi connectivity index (χ1) is 33.4. The molecule has 70 heavy (non-hydrogen) atoms. The van der Waals surface area contributed by atoms with Gasteiger partial charge in [-0.15, -0.1) is 0 Å². The number of ether oxygens (including phenoxy) is 6. The van der Waals surface area contributed by atoms with Crippen molar-refractivity contribution in [1.29, 1.82) is 0 Å². The SMILES string of the molecule is COc1cc2c(cc1OCCCCCOc1cc3c(cc1OC)C(=O)N1Cc4cc(N)ccc4C[C@H]1C(=O)N3COCC[Si](C)(C)C)N(COCC[Si](C)(C)C)C(=O)[C@@H]1Cc3ccccc3CN1C2=O. The van der Waals surface area contributed by atoms with Crippen molar-refractivity contribution >= 4 is 56.8 Å². The van der Waals surface area contributed by atoms with Crippen LogP contribution in [0.1, 0.15) is 62.2 Å². The topological polar surface area (TPSA) is 163 Å². The van der Waals surface area contributed by atoms with E-state index >= 15 is 0 Å². The molecule has 17 heteroatoms. The van der Waals surface area contributed by atoms with Gasteiger partial charge >= 0.3 is 0 Å². The summed E-state index contributed by atoms with van der Waals surface area (Å²) in [5, 5.41) is 0. The maximum absolute atomic E-state index is 14.5. The van der Waals surface area contributed by atoms with Crippen LogP contribution >= 0.6 is 0 Å². The first kappa shape index (κ1) is 50.5. The molecule has 374 valence electrons. The summed E-state index contributed by atoms with van der Waals surface area (Å²) >= 11 is 0. The minimum absolute atomic E-state index is 0.00576. The predicted octanol–water partition coefficient (Wildman–Crippen LogP) is 8.37. The molecule has 0 aromatic heterocycles. The average molecular weight is 992 g/mol. The smallest absolute Gasteiger partial charge is 0.257 e. The standard InChI is InChI=1S/C53H69N5O10Si2/c1-63-46-27-40-42(57(33-65-20-22-69(3,4)5)52(61)44-25-35-14-10-11-15-37(35)31-55(44)50(40)59)29-48(46)67-18-12-9-13-19-68-49-30-43-41(28-47(49)64-2)51(60)56-32-38-24-39(54)17-16-36(38)26-45(56)53(62)58(43)34-66-21-23-70(6,7)8/h10-11,14-17,24,27-30,44-45H,9,12-13,18-23,25-26,31-34,54H2,1-8H3/t44-,45-/m0/s1. The van der Waals surface area contributed by atoms with Crippen LogP contribution in [0, 0.1) is 0 Å². The number of amides is 4. The van der Waals surface area contributed by atoms with Crippen LogP contribution in [-0.4, -0.2) is 116 Å². The van der Waals surface area contributed by atoms with E-state index in [0.717, 1.165) is 40.8 Å². The van der Waals surface area contributed by atoms with Gasteiger partial charge in [0.15, 0.2) is 23.0 Å². The lowest BCUT2D eigenvalue weighted by molar-refractivity contribution is -0.125. The number of nitrogens with two attached hydrogens (primary N) is 1. The summed E-state index contributed by atoms with van der Waals surface area (Å²) in [6, 6.07) is 20.9. The number of unbranched alkanes of at least 4 members (excludes halogenated alkanes) is 2. The highest BCUT2D eigenvalue weighted by Gasteiger charge is 2.45. The van der Waals surface area contributed by atoms with Gasteiger partial charge in [-0.2, -0.15) is 0 Å². The summed E-state index contributed by atoms with van der Waals surface area (Å²) in [5.41, 5.74) is 12.3. The fraction of sp³-hybridized carbons (Fsp3) is 0.472. The molecule has 4 aromatic rings. The third-order valence-corrected chi connectivity index (χ3v) is 17.0. The number of carbonyl (C=O) groups excluding carboxylic acids is 4. The van der Waals surface area contributed by atoms with Crippen LogP contribution in [0.25, 0.3) is 0 Å². The minimum Gasteiger partial charge on any atom is -0.493 e. The second kappa shape index (κ2) is 21.2. The molecule has 0 unspecified atom stereocenters. The lowest BCUT2D eigenvalue weighted by atomic mass is 9.92. The lowest BCUT2D eigenvalue weighted by Gasteiger charge is -2.35. The molecule has 0 aliphatic carbocycles. The van der Waals surface area contributed by atoms with Crippen molar-refractivity contribution in [2.45, 2.75) is 109 Å². The van der Waals surface area contributed by atoms with Gasteiger partial charge in [0.25, 0.3) is 23.6 Å². The second-order valence-corrected chi connectivity index (χ2v) is 32.4. The van der Waals surface area contributed by atoms with Gasteiger partial charge in [-0.1, -0.05) is 69.6 Å². The van der Waals surface area contributed by atoms with Gasteiger partial charge in [-0.3, -0.25) is 29.0 Å². The Hall–Kier alpha value is -5.89. The zero-order valence-electron chi connectivity index (χ0n) is 42.1. The van der Waals surface area contributed by atoms with Crippen LogP contribution < -0.4 is 34.5 Å². The lowest BCUT2D eigenvalue weighted by Crippen LogP contribution is -2.52. The van der Waals surface area contributed by atoms with Crippen molar-refractivity contribution in [3.63, 3.8) is 0 Å². The van der Waals surface area contributed by atoms with E-state index in [-0.39, 0.29) is 43.6 Å². The zero-order chi connectivity index (χ0) is 49.9. The highest BCUT2D eigenvalue weighted by Crippen LogP contribution is 2.42. The quantitative estimate of drug-likeness (QED) is 0.0515. The maximum atomic E-state index is 14.5. The molecule has 8 rings (SSSR count). The van der Waals surface area contributed by atoms with Crippen LogP contribution in [0.15, 0.2) is 66.7 Å². The molecule has 0 fully saturated rings. The third kappa shape index (κ3) is 11.2. The van der Waals surface area contributed by atoms with E-state index in [0.29, 0.717) is 110 Å². The molecular weight excluding hydrogens is 923 g/mol. The van der Waals surface area contributed by atoms with Gasteiger partial charge in [0.05, 0.1) is 49.9 Å². The van der Waals surface area contributed by atoms with E-state index < -0.39 is 28.2 Å². The fourth-order valence-electron chi connectivity index (χ4n) is 9.41. The van der Waals surface area contributed by atoms with Crippen LogP contribution in [0.2, 0.25) is 51.4 Å². The van der Waals surface area contributed by atoms with Gasteiger partial charge in [0.1, 0.15) is 25.5 Å². The van der Waals surface area contributed by atoms with E-state index in [4.69, 9.17) is 34.2 Å². The van der Waals surface area contributed by atoms with Gasteiger partial charge < -0.3 is 44.0 Å². The first-order valence-corrected chi connectivity index (χ1v) is 31.9. The van der Waals surface area contributed by atoms with Gasteiger partial charge in [-0.25, -0.2) is 0 Å². The van der Waals surface area contributed by atoms with Crippen molar-refractivity contribution < 1.29 is 47.6 Å². The number of hydrogen-bond acceptors (Lipinski definition) is 11. The van der Waals surface area contributed by atoms with E-state index in [1.165, 1.54) is 7.11 Å². The van der Waals surface area contributed by atoms with E-state index in [1.807, 2.05) is 42.5 Å². The van der Waals surface area contributed by atoms with Crippen molar-refractivity contribution in [2.75, 3.05) is 69.6 Å². The summed E-state index contributed by atoms with van der Waals surface area (Å²) in [7, 11) is 0.256. The van der Waals surface area contributed by atoms with E-state index in [1.54, 1.807) is 51.0 Å². The summed E-state index contributed by atoms with van der Waals surface area (Å²) in [5.74, 6) is 0.676. The largest absolute Gasteiger partial charge is 0.493 e. The van der Waals surface area contributed by atoms with Gasteiger partial charge in [0, 0.05) is 73.1 Å². The Kier molecular flexibility index (Phi) is 15.3. The number of methoxy groups -OCH3 is 2. The molecule has 0 bridgehead atoms. The normalized spacial score (nSPS) is 17.7. The molecular formula is C53H69N5O10Si2. The predicted molar refractivity (Wildman–Crippen MR) is 276 cm³/mol. The van der Waals surface area contributed by atoms with E-state index in [2.05, 4.69) is 39.3 Å². The van der Waals surface area contributed by atoms with Crippen molar-refractivity contribution in [3.05, 3.63) is 100 Å². The molecule has 4 aliphatic rings. The number of nitrogen functional groups attached to an aromatic ring is 1. The second-order valence-electron chi connectivity index (χ2n) is 21.1. The van der Waals surface area contributed by atoms with Crippen molar-refractivity contribution in [3.8, 4) is 23.0 Å². The van der Waals surface area contributed by atoms with Gasteiger partial charge in [0.2, 0.25) is 0 Å². The number of benzene rings is 4. The molecule has 2 atom stereocenters. The van der Waals surface area contributed by atoms with Crippen LogP contribution in [0.4, 0.5) is 17.1 Å². The van der Waals surface area contributed by atoms with Crippen molar-refractivity contribution in [2.24, 2.45) is 0 Å². The van der Waals surface area contributed by atoms with Gasteiger partial charge in [-0.05, 0) is 77.9 Å². The molecule has 15 nitrogen and oxygen atoms in total. The number of rotatable bonds is 20. The Morgan fingerprint density at radius 2 is 1.00 bits per heavy atom. The summed E-state index contributed by atoms with van der Waals surface area (Å²) in [6.45, 7) is 15.9. The Balaban J connectivity index is 0.949. The van der Waals surface area contributed by atoms with Crippen molar-refractivity contribution in [1.82, 2.24) is 9.80 Å². The molecule has 4 heterocycles. The molecule has 4 amide bonds. The maximum Gasteiger partial charge on any atom is 0.257 e. The highest BCUT2D eigenvalue weighted by atomic mass is 28.3. The molecule has 0 saturated heterocycles. The van der Waals surface area contributed by atoms with E-state index in [9.17, 15) is 19.2 Å². The average Bonchev–Trinajstić information content (AvgIpc) is 3.45. The van der Waals surface area contributed by atoms with Crippen LogP contribution in [-0.2, 0) is 45.0 Å². The Morgan fingerprint density at radius 1 is 0.543 bits per heavy atom. The molecule has 0 spiro atoms. The number of anilines is 3. The molecule has 0 saturated carbocycles. The number of carbonyl (C=O) groups is 4. The summed E-state index contributed by atoms with van der Waals surface area (Å²) in [4.78, 5) is 64.4. The Labute approximate surface area is 414 Å². The fourth-order valence-corrected chi connectivity index (χ4v) is 10.9. The Morgan fingerprint density at radius 3 is 1.47 bits per heavy atom. The number of fused-ring (bicyclic) bond motifs is 6. The number of hydrogen-bond donors (Lipinski definition) is 1. The monoisotopic (exact) mass is 991 g/mol. The molecule has 0 radical (unpaired) electrons. The number of nitrogens with zero attached hydrogens (tertiary/aromatic N) is 4. The zero-order valence-corrected chi connectivity index (χ0v) is 44.1. The molecule has 4 aromatic carbocycles. The summed E-state index contributed by atoms with van der Waals surface area (Å²) in [6.07, 6.45) is 2.84. The third-order valence-electron chi connectivity index (χ3n) is 13.6. The minimum atomic E-state index is -1.41. The van der Waals surface area contributed by atoms with Crippen LogP contribution in [0.5, 0.6) is 23.0 Å². The van der Waals surface area contributed by atoms with Crippen LogP contribution in [0.3, 0.4) is 0 Å².